The number of aryl methyl sites for hydroxylation is 1. The SMILES string of the molecule is Cc1ccc2c(c1)C(C)(C)c1cc3c(cc1-2)C(C)(C)c1cccc(-c2ccc(-n4c5ccccc5c5ccccc54)cc2)c1-3. The first-order valence-electron chi connectivity index (χ1n) is 15.8. The zero-order valence-electron chi connectivity index (χ0n) is 26.0. The fourth-order valence-corrected chi connectivity index (χ4v) is 8.36. The van der Waals surface area contributed by atoms with E-state index in [4.69, 9.17) is 0 Å². The second kappa shape index (κ2) is 8.61. The zero-order valence-corrected chi connectivity index (χ0v) is 26.0. The Morgan fingerprint density at radius 1 is 0.455 bits per heavy atom. The molecule has 0 saturated carbocycles. The Labute approximate surface area is 259 Å². The van der Waals surface area contributed by atoms with Crippen molar-refractivity contribution in [3.05, 3.63) is 149 Å². The smallest absolute Gasteiger partial charge is 0.0541 e. The van der Waals surface area contributed by atoms with E-state index in [1.165, 1.54) is 88.7 Å². The van der Waals surface area contributed by atoms with Gasteiger partial charge in [-0.25, -0.2) is 0 Å². The molecular formula is C43H35N. The molecule has 0 aliphatic heterocycles. The molecule has 0 N–H and O–H groups in total. The highest BCUT2D eigenvalue weighted by atomic mass is 15.0. The predicted octanol–water partition coefficient (Wildman–Crippen LogP) is 11.4. The number of hydrogen-bond acceptors (Lipinski definition) is 0. The molecular weight excluding hydrogens is 530 g/mol. The van der Waals surface area contributed by atoms with Gasteiger partial charge in [0.15, 0.2) is 0 Å². The molecule has 44 heavy (non-hydrogen) atoms. The van der Waals surface area contributed by atoms with Gasteiger partial charge in [0.25, 0.3) is 0 Å². The third kappa shape index (κ3) is 3.25. The monoisotopic (exact) mass is 565 g/mol. The minimum atomic E-state index is -0.0732. The van der Waals surface area contributed by atoms with Gasteiger partial charge in [0.2, 0.25) is 0 Å². The molecule has 6 aromatic carbocycles. The summed E-state index contributed by atoms with van der Waals surface area (Å²) in [7, 11) is 0. The fourth-order valence-electron chi connectivity index (χ4n) is 8.36. The summed E-state index contributed by atoms with van der Waals surface area (Å²) >= 11 is 0. The number of rotatable bonds is 2. The van der Waals surface area contributed by atoms with E-state index < -0.39 is 0 Å². The van der Waals surface area contributed by atoms with Crippen LogP contribution >= 0.6 is 0 Å². The van der Waals surface area contributed by atoms with Crippen LogP contribution in [0, 0.1) is 6.92 Å². The second-order valence-electron chi connectivity index (χ2n) is 13.9. The third-order valence-electron chi connectivity index (χ3n) is 10.7. The minimum absolute atomic E-state index is 0.0302. The van der Waals surface area contributed by atoms with Crippen LogP contribution in [0.4, 0.5) is 0 Å². The van der Waals surface area contributed by atoms with E-state index in [9.17, 15) is 0 Å². The topological polar surface area (TPSA) is 4.93 Å². The van der Waals surface area contributed by atoms with Crippen LogP contribution in [0.1, 0.15) is 55.5 Å². The van der Waals surface area contributed by atoms with Crippen LogP contribution in [-0.4, -0.2) is 4.57 Å². The quantitative estimate of drug-likeness (QED) is 0.196. The lowest BCUT2D eigenvalue weighted by molar-refractivity contribution is 0.652. The van der Waals surface area contributed by atoms with Crippen molar-refractivity contribution in [1.82, 2.24) is 4.57 Å². The first kappa shape index (κ1) is 25.6. The van der Waals surface area contributed by atoms with Crippen LogP contribution in [0.3, 0.4) is 0 Å². The van der Waals surface area contributed by atoms with Crippen LogP contribution in [0.25, 0.3) is 60.9 Å². The first-order chi connectivity index (χ1) is 21.2. The number of para-hydroxylation sites is 2. The van der Waals surface area contributed by atoms with Crippen LogP contribution in [-0.2, 0) is 10.8 Å². The van der Waals surface area contributed by atoms with E-state index in [1.54, 1.807) is 0 Å². The average Bonchev–Trinajstić information content (AvgIpc) is 3.57. The van der Waals surface area contributed by atoms with Gasteiger partial charge in [-0.15, -0.1) is 0 Å². The van der Waals surface area contributed by atoms with Crippen LogP contribution in [0.2, 0.25) is 0 Å². The molecule has 0 atom stereocenters. The van der Waals surface area contributed by atoms with Gasteiger partial charge < -0.3 is 4.57 Å². The fraction of sp³-hybridized carbons (Fsp3) is 0.163. The standard InChI is InChI=1S/C43H35N/c1-26-17-22-30-33-24-38-34(25-37(33)43(4,5)36(30)23-26)41-29(13-10-14-35(41)42(38,2)3)27-18-20-28(21-19-27)44-39-15-8-6-11-31(39)32-12-7-9-16-40(32)44/h6-25H,1-5H3. The summed E-state index contributed by atoms with van der Waals surface area (Å²) in [5, 5.41) is 2.58. The molecule has 9 rings (SSSR count). The average molecular weight is 566 g/mol. The molecule has 0 unspecified atom stereocenters. The van der Waals surface area contributed by atoms with E-state index in [2.05, 4.69) is 161 Å². The van der Waals surface area contributed by atoms with Gasteiger partial charge in [-0.3, -0.25) is 0 Å². The van der Waals surface area contributed by atoms with Crippen molar-refractivity contribution in [1.29, 1.82) is 0 Å². The molecule has 1 heteroatoms. The maximum atomic E-state index is 2.53. The van der Waals surface area contributed by atoms with Gasteiger partial charge in [-0.05, 0) is 99.0 Å². The van der Waals surface area contributed by atoms with Gasteiger partial charge in [-0.2, -0.15) is 0 Å². The van der Waals surface area contributed by atoms with Gasteiger partial charge in [0.05, 0.1) is 11.0 Å². The Bertz CT molecular complexity index is 2270. The van der Waals surface area contributed by atoms with E-state index in [0.29, 0.717) is 0 Å². The molecule has 2 aliphatic carbocycles. The maximum Gasteiger partial charge on any atom is 0.0541 e. The minimum Gasteiger partial charge on any atom is -0.309 e. The first-order valence-corrected chi connectivity index (χ1v) is 15.8. The highest BCUT2D eigenvalue weighted by molar-refractivity contribution is 6.09. The second-order valence-corrected chi connectivity index (χ2v) is 13.9. The molecule has 1 aromatic heterocycles. The molecule has 0 saturated heterocycles. The van der Waals surface area contributed by atoms with E-state index >= 15 is 0 Å². The molecule has 1 nitrogen and oxygen atoms in total. The Kier molecular flexibility index (Phi) is 5.01. The largest absolute Gasteiger partial charge is 0.309 e. The maximum absolute atomic E-state index is 2.53. The van der Waals surface area contributed by atoms with Crippen molar-refractivity contribution in [2.45, 2.75) is 45.4 Å². The van der Waals surface area contributed by atoms with Crippen molar-refractivity contribution < 1.29 is 0 Å². The lowest BCUT2D eigenvalue weighted by Gasteiger charge is -2.24. The summed E-state index contributed by atoms with van der Waals surface area (Å²) in [6.45, 7) is 11.8. The highest BCUT2D eigenvalue weighted by Gasteiger charge is 2.42. The summed E-state index contributed by atoms with van der Waals surface area (Å²) in [5.41, 5.74) is 18.8. The summed E-state index contributed by atoms with van der Waals surface area (Å²) in [6, 6.07) is 45.6. The Morgan fingerprint density at radius 2 is 1.05 bits per heavy atom. The number of aromatic nitrogens is 1. The summed E-state index contributed by atoms with van der Waals surface area (Å²) in [5.74, 6) is 0. The summed E-state index contributed by atoms with van der Waals surface area (Å²) < 4.78 is 2.40. The molecule has 212 valence electrons. The Morgan fingerprint density at radius 3 is 1.75 bits per heavy atom. The van der Waals surface area contributed by atoms with Crippen LogP contribution in [0.5, 0.6) is 0 Å². The number of nitrogens with zero attached hydrogens (tertiary/aromatic N) is 1. The van der Waals surface area contributed by atoms with E-state index in [0.717, 1.165) is 0 Å². The molecule has 0 fully saturated rings. The molecule has 0 amide bonds. The van der Waals surface area contributed by atoms with Crippen molar-refractivity contribution in [2.24, 2.45) is 0 Å². The predicted molar refractivity (Wildman–Crippen MR) is 186 cm³/mol. The van der Waals surface area contributed by atoms with Crippen molar-refractivity contribution in [3.63, 3.8) is 0 Å². The van der Waals surface area contributed by atoms with Crippen molar-refractivity contribution in [3.8, 4) is 39.1 Å². The van der Waals surface area contributed by atoms with E-state index in [1.807, 2.05) is 0 Å². The highest BCUT2D eigenvalue weighted by Crippen LogP contribution is 2.57. The number of benzene rings is 6. The van der Waals surface area contributed by atoms with Crippen molar-refractivity contribution >= 4 is 21.8 Å². The molecule has 7 aromatic rings. The van der Waals surface area contributed by atoms with Gasteiger partial charge in [-0.1, -0.05) is 118 Å². The summed E-state index contributed by atoms with van der Waals surface area (Å²) in [4.78, 5) is 0. The van der Waals surface area contributed by atoms with Crippen LogP contribution in [0.15, 0.2) is 121 Å². The molecule has 0 radical (unpaired) electrons. The number of fused-ring (bicyclic) bond motifs is 9. The molecule has 1 heterocycles. The third-order valence-corrected chi connectivity index (χ3v) is 10.7. The lowest BCUT2D eigenvalue weighted by atomic mass is 9.79. The van der Waals surface area contributed by atoms with Crippen molar-refractivity contribution in [2.75, 3.05) is 0 Å². The Hall–Kier alpha value is -4.88. The van der Waals surface area contributed by atoms with Gasteiger partial charge >= 0.3 is 0 Å². The zero-order chi connectivity index (χ0) is 30.0. The van der Waals surface area contributed by atoms with Crippen LogP contribution < -0.4 is 0 Å². The number of hydrogen-bond donors (Lipinski definition) is 0. The Balaban J connectivity index is 1.21. The molecule has 2 aliphatic rings. The van der Waals surface area contributed by atoms with Gasteiger partial charge in [0, 0.05) is 27.3 Å². The molecule has 0 spiro atoms. The molecule has 0 bridgehead atoms. The normalized spacial score (nSPS) is 15.3. The van der Waals surface area contributed by atoms with E-state index in [-0.39, 0.29) is 10.8 Å². The van der Waals surface area contributed by atoms with Gasteiger partial charge in [0.1, 0.15) is 0 Å². The lowest BCUT2D eigenvalue weighted by Crippen LogP contribution is -2.17. The summed E-state index contributed by atoms with van der Waals surface area (Å²) in [6.07, 6.45) is 0.